The van der Waals surface area contributed by atoms with Gasteiger partial charge in [-0.3, -0.25) is 4.79 Å². The van der Waals surface area contributed by atoms with E-state index in [1.54, 1.807) is 24.6 Å². The number of rotatable bonds is 5. The third-order valence-electron chi connectivity index (χ3n) is 6.24. The summed E-state index contributed by atoms with van der Waals surface area (Å²) in [6.07, 6.45) is 5.53. The molecular formula is C18H26O5S2. The molecule has 0 spiro atoms. The maximum absolute atomic E-state index is 12.9. The minimum atomic E-state index is -3.88. The Labute approximate surface area is 151 Å². The molecule has 3 rings (SSSR count). The van der Waals surface area contributed by atoms with Gasteiger partial charge in [-0.05, 0) is 61.0 Å². The molecule has 2 unspecified atom stereocenters. The zero-order valence-corrected chi connectivity index (χ0v) is 16.7. The van der Waals surface area contributed by atoms with Gasteiger partial charge in [0.25, 0.3) is 10.1 Å². The second kappa shape index (κ2) is 5.72. The molecule has 1 aromatic carbocycles. The van der Waals surface area contributed by atoms with Crippen LogP contribution in [-0.4, -0.2) is 37.6 Å². The van der Waals surface area contributed by atoms with E-state index < -0.39 is 25.8 Å². The molecule has 2 saturated carbocycles. The molecule has 0 heterocycles. The van der Waals surface area contributed by atoms with Crippen molar-refractivity contribution >= 4 is 26.2 Å². The van der Waals surface area contributed by atoms with Crippen molar-refractivity contribution in [1.82, 2.24) is 0 Å². The van der Waals surface area contributed by atoms with Crippen molar-refractivity contribution in [3.8, 4) is 5.75 Å². The van der Waals surface area contributed by atoms with E-state index in [1.165, 1.54) is 12.1 Å². The lowest BCUT2D eigenvalue weighted by molar-refractivity contribution is -0.128. The number of carbonyl (C=O) groups is 1. The van der Waals surface area contributed by atoms with Gasteiger partial charge in [0, 0.05) is 11.3 Å². The predicted molar refractivity (Wildman–Crippen MR) is 99.2 cm³/mol. The highest BCUT2D eigenvalue weighted by Crippen LogP contribution is 2.65. The molecule has 7 heteroatoms. The minimum Gasteiger partial charge on any atom is -0.508 e. The molecule has 5 nitrogen and oxygen atoms in total. The van der Waals surface area contributed by atoms with Crippen molar-refractivity contribution in [2.75, 3.05) is 18.3 Å². The fourth-order valence-electron chi connectivity index (χ4n) is 4.51. The predicted octanol–water partition coefficient (Wildman–Crippen LogP) is 3.47. The maximum Gasteiger partial charge on any atom is 0.277 e. The summed E-state index contributed by atoms with van der Waals surface area (Å²) in [4.78, 5) is 13.3. The fraction of sp³-hybridized carbons (Fsp3) is 0.611. The van der Waals surface area contributed by atoms with Gasteiger partial charge < -0.3 is 5.11 Å². The topological polar surface area (TPSA) is 80.7 Å². The number of Topliss-reactive ketones (excluding diaryl/α,β-unsaturated/α-hetero) is 1. The van der Waals surface area contributed by atoms with Crippen LogP contribution in [0.15, 0.2) is 29.2 Å². The summed E-state index contributed by atoms with van der Waals surface area (Å²) in [5.41, 5.74) is -1.13. The Morgan fingerprint density at radius 3 is 2.28 bits per heavy atom. The first-order valence-corrected chi connectivity index (χ1v) is 12.3. The Hall–Kier alpha value is -1.05. The highest BCUT2D eigenvalue weighted by Gasteiger charge is 2.65. The molecule has 0 radical (unpaired) electrons. The first-order chi connectivity index (χ1) is 11.4. The number of phenols is 1. The van der Waals surface area contributed by atoms with Crippen molar-refractivity contribution in [3.63, 3.8) is 0 Å². The average Bonchev–Trinajstić information content (AvgIpc) is 2.80. The maximum atomic E-state index is 12.9. The third kappa shape index (κ3) is 3.00. The Balaban J connectivity index is 1.85. The van der Waals surface area contributed by atoms with Gasteiger partial charge in [0.15, 0.2) is 0 Å². The van der Waals surface area contributed by atoms with Crippen molar-refractivity contribution < 1.29 is 21.9 Å². The van der Waals surface area contributed by atoms with E-state index in [0.29, 0.717) is 12.8 Å². The molecule has 2 fully saturated rings. The van der Waals surface area contributed by atoms with Crippen molar-refractivity contribution in [3.05, 3.63) is 24.3 Å². The summed E-state index contributed by atoms with van der Waals surface area (Å²) in [6, 6.07) is 6.39. The van der Waals surface area contributed by atoms with Crippen LogP contribution in [0.2, 0.25) is 0 Å². The molecule has 2 aliphatic carbocycles. The number of carbonyl (C=O) groups excluding carboxylic acids is 1. The van der Waals surface area contributed by atoms with Crippen molar-refractivity contribution in [2.45, 2.75) is 38.0 Å². The van der Waals surface area contributed by atoms with Gasteiger partial charge in [0.05, 0.1) is 11.2 Å². The SMILES string of the molecule is CC1(C)C2CCC1(CS(=O)(=O)OS(C)(C)c1ccc(O)cc1)C(=O)C2. The summed E-state index contributed by atoms with van der Waals surface area (Å²) in [5.74, 6) is 0.221. The standard InChI is InChI=1S/C18H26O5S2/c1-17(2)13-9-10-18(17,16(20)11-13)12-25(21,22)23-24(3,4)15-7-5-14(19)6-8-15/h5-8,13,19H,9-12H2,1-4H3. The molecular weight excluding hydrogens is 360 g/mol. The van der Waals surface area contributed by atoms with Crippen molar-refractivity contribution in [2.24, 2.45) is 16.7 Å². The first kappa shape index (κ1) is 18.7. The summed E-state index contributed by atoms with van der Waals surface area (Å²) >= 11 is 0. The van der Waals surface area contributed by atoms with Gasteiger partial charge in [0.1, 0.15) is 11.5 Å². The second-order valence-electron chi connectivity index (χ2n) is 8.16. The molecule has 2 bridgehead atoms. The lowest BCUT2D eigenvalue weighted by atomic mass is 9.70. The first-order valence-electron chi connectivity index (χ1n) is 8.39. The lowest BCUT2D eigenvalue weighted by Gasteiger charge is -2.37. The van der Waals surface area contributed by atoms with Crippen LogP contribution in [0, 0.1) is 16.7 Å². The van der Waals surface area contributed by atoms with Gasteiger partial charge in [0.2, 0.25) is 0 Å². The fourth-order valence-corrected chi connectivity index (χ4v) is 9.16. The number of ketones is 1. The van der Waals surface area contributed by atoms with Crippen LogP contribution in [0.5, 0.6) is 5.75 Å². The van der Waals surface area contributed by atoms with Gasteiger partial charge in [-0.25, -0.2) is 3.63 Å². The third-order valence-corrected chi connectivity index (χ3v) is 10.7. The van der Waals surface area contributed by atoms with E-state index in [0.717, 1.165) is 11.3 Å². The average molecular weight is 387 g/mol. The van der Waals surface area contributed by atoms with E-state index in [2.05, 4.69) is 0 Å². The van der Waals surface area contributed by atoms with Crippen LogP contribution in [0.25, 0.3) is 0 Å². The zero-order valence-electron chi connectivity index (χ0n) is 15.1. The van der Waals surface area contributed by atoms with Crippen LogP contribution in [-0.2, 0) is 18.5 Å². The minimum absolute atomic E-state index is 0.0679. The largest absolute Gasteiger partial charge is 0.508 e. The summed E-state index contributed by atoms with van der Waals surface area (Å²) < 4.78 is 31.3. The molecule has 2 atom stereocenters. The number of hydrogen-bond donors (Lipinski definition) is 1. The number of phenolic OH excluding ortho intramolecular Hbond substituents is 1. The van der Waals surface area contributed by atoms with Gasteiger partial charge >= 0.3 is 0 Å². The highest BCUT2D eigenvalue weighted by atomic mass is 32.3. The number of fused-ring (bicyclic) bond motifs is 2. The normalized spacial score (nSPS) is 29.1. The zero-order chi connectivity index (χ0) is 18.7. The quantitative estimate of drug-likeness (QED) is 0.838. The smallest absolute Gasteiger partial charge is 0.277 e. The Bertz CT molecular complexity index is 795. The number of aromatic hydroxyl groups is 1. The van der Waals surface area contributed by atoms with E-state index in [4.69, 9.17) is 3.63 Å². The van der Waals surface area contributed by atoms with Crippen LogP contribution in [0.4, 0.5) is 0 Å². The highest BCUT2D eigenvalue weighted by molar-refractivity contribution is 8.32. The molecule has 2 aliphatic rings. The lowest BCUT2D eigenvalue weighted by Crippen LogP contribution is -2.42. The molecule has 140 valence electrons. The molecule has 0 aromatic heterocycles. The molecule has 25 heavy (non-hydrogen) atoms. The number of hydrogen-bond acceptors (Lipinski definition) is 5. The molecule has 0 aliphatic heterocycles. The summed E-state index contributed by atoms with van der Waals surface area (Å²) in [6.45, 7) is 4.03. The Morgan fingerprint density at radius 1 is 1.20 bits per heavy atom. The van der Waals surface area contributed by atoms with Crippen LogP contribution < -0.4 is 0 Å². The summed E-state index contributed by atoms with van der Waals surface area (Å²) in [5, 5.41) is 9.41. The molecule has 0 saturated heterocycles. The van der Waals surface area contributed by atoms with Gasteiger partial charge in [-0.1, -0.05) is 24.2 Å². The molecule has 0 amide bonds. The number of benzene rings is 1. The van der Waals surface area contributed by atoms with Crippen molar-refractivity contribution in [1.29, 1.82) is 0 Å². The van der Waals surface area contributed by atoms with Gasteiger partial charge in [-0.2, -0.15) is 8.42 Å². The van der Waals surface area contributed by atoms with Crippen LogP contribution in [0.3, 0.4) is 0 Å². The van der Waals surface area contributed by atoms with E-state index in [9.17, 15) is 18.3 Å². The monoisotopic (exact) mass is 386 g/mol. The summed E-state index contributed by atoms with van der Waals surface area (Å²) in [7, 11) is -5.94. The second-order valence-corrected chi connectivity index (χ2v) is 13.0. The van der Waals surface area contributed by atoms with E-state index in [1.807, 2.05) is 13.8 Å². The Kier molecular flexibility index (Phi) is 4.29. The van der Waals surface area contributed by atoms with E-state index in [-0.39, 0.29) is 28.6 Å². The van der Waals surface area contributed by atoms with Crippen LogP contribution in [0.1, 0.15) is 33.1 Å². The Morgan fingerprint density at radius 2 is 1.80 bits per heavy atom. The van der Waals surface area contributed by atoms with Gasteiger partial charge in [-0.15, -0.1) is 0 Å². The molecule has 1 N–H and O–H groups in total. The van der Waals surface area contributed by atoms with Crippen LogP contribution >= 0.6 is 10.3 Å². The van der Waals surface area contributed by atoms with E-state index >= 15 is 0 Å². The molecule has 1 aromatic rings.